The van der Waals surface area contributed by atoms with Crippen molar-refractivity contribution in [3.63, 3.8) is 0 Å². The van der Waals surface area contributed by atoms with Crippen molar-refractivity contribution in [3.05, 3.63) is 149 Å². The summed E-state index contributed by atoms with van der Waals surface area (Å²) in [6, 6.07) is 41.3. The van der Waals surface area contributed by atoms with Crippen molar-refractivity contribution in [2.24, 2.45) is 0 Å². The Morgan fingerprint density at radius 1 is 0.769 bits per heavy atom. The Morgan fingerprint density at radius 3 is 2.10 bits per heavy atom. The van der Waals surface area contributed by atoms with Crippen molar-refractivity contribution in [3.8, 4) is 34.3 Å². The minimum absolute atomic E-state index is 0.511. The predicted molar refractivity (Wildman–Crippen MR) is 159 cm³/mol. The lowest BCUT2D eigenvalue weighted by atomic mass is 10.0. The van der Waals surface area contributed by atoms with Crippen LogP contribution in [0.2, 0.25) is 0 Å². The lowest BCUT2D eigenvalue weighted by Gasteiger charge is -2.03. The zero-order valence-electron chi connectivity index (χ0n) is 21.1. The van der Waals surface area contributed by atoms with E-state index in [0.29, 0.717) is 10.6 Å². The van der Waals surface area contributed by atoms with Crippen LogP contribution in [0.25, 0.3) is 39.9 Å². The van der Waals surface area contributed by atoms with Gasteiger partial charge in [0.15, 0.2) is 0 Å². The fraction of sp³-hybridized carbons (Fsp3) is 0.0294. The van der Waals surface area contributed by atoms with Crippen LogP contribution in [-0.4, -0.2) is 14.8 Å². The molecule has 0 amide bonds. The number of allylic oxidation sites excluding steroid dienone is 1. The Hall–Kier alpha value is -5.05. The molecule has 2 aromatic heterocycles. The van der Waals surface area contributed by atoms with Gasteiger partial charge >= 0.3 is 0 Å². The highest BCUT2D eigenvalue weighted by Gasteiger charge is 2.15. The monoisotopic (exact) mass is 520 g/mol. The summed E-state index contributed by atoms with van der Waals surface area (Å²) in [5.41, 5.74) is 8.58. The Balaban J connectivity index is 1.31. The number of benzene rings is 4. The third-order valence-electron chi connectivity index (χ3n) is 6.47. The molecule has 2 heterocycles. The molecule has 0 aliphatic carbocycles. The topological polar surface area (TPSA) is 54.5 Å². The molecular weight excluding hydrogens is 496 g/mol. The third-order valence-corrected chi connectivity index (χ3v) is 7.34. The van der Waals surface area contributed by atoms with Gasteiger partial charge in [0.05, 0.1) is 22.6 Å². The average molecular weight is 521 g/mol. The molecule has 6 rings (SSSR count). The first-order valence-corrected chi connectivity index (χ1v) is 13.6. The first-order chi connectivity index (χ1) is 19.3. The van der Waals surface area contributed by atoms with Gasteiger partial charge in [0.25, 0.3) is 0 Å². The number of nitrogens with zero attached hydrogens (tertiary/aromatic N) is 4. The van der Waals surface area contributed by atoms with Crippen molar-refractivity contribution >= 4 is 23.0 Å². The van der Waals surface area contributed by atoms with E-state index in [-0.39, 0.29) is 0 Å². The second-order valence-electron chi connectivity index (χ2n) is 9.15. The van der Waals surface area contributed by atoms with Gasteiger partial charge in [0.2, 0.25) is 0 Å². The molecule has 0 bridgehead atoms. The summed E-state index contributed by atoms with van der Waals surface area (Å²) in [6.07, 6.45) is 4.75. The predicted octanol–water partition coefficient (Wildman–Crippen LogP) is 8.32. The molecule has 0 radical (unpaired) electrons. The van der Waals surface area contributed by atoms with Crippen molar-refractivity contribution < 1.29 is 0 Å². The molecule has 0 fully saturated rings. The van der Waals surface area contributed by atoms with Crippen LogP contribution in [0.15, 0.2) is 127 Å². The number of nitriles is 1. The number of hydrogen-bond acceptors (Lipinski definition) is 4. The van der Waals surface area contributed by atoms with E-state index in [2.05, 4.69) is 54.6 Å². The van der Waals surface area contributed by atoms with Gasteiger partial charge in [0, 0.05) is 28.3 Å². The number of thiazole rings is 1. The standard InChI is InChI=1S/C34H24N4S/c35-22-29(21-30-23-38(31-14-8-3-9-15-31)37-33(30)28-12-6-2-7-13-28)34-36-32(24-39-34)27-18-16-26(17-19-27)20-25-10-4-1-5-11-25/h1-19,21,23-24H,20H2. The van der Waals surface area contributed by atoms with Crippen LogP contribution in [0.4, 0.5) is 0 Å². The zero-order valence-corrected chi connectivity index (χ0v) is 21.9. The summed E-state index contributed by atoms with van der Waals surface area (Å²) in [5.74, 6) is 0. The molecule has 0 aliphatic rings. The highest BCUT2D eigenvalue weighted by Crippen LogP contribution is 2.31. The molecule has 0 unspecified atom stereocenters. The fourth-order valence-electron chi connectivity index (χ4n) is 4.48. The van der Waals surface area contributed by atoms with Gasteiger partial charge in [-0.05, 0) is 35.8 Å². The molecule has 0 spiro atoms. The normalized spacial score (nSPS) is 11.3. The molecule has 0 atom stereocenters. The molecule has 6 aromatic rings. The maximum Gasteiger partial charge on any atom is 0.134 e. The van der Waals surface area contributed by atoms with E-state index in [1.807, 2.05) is 89.1 Å². The van der Waals surface area contributed by atoms with Crippen LogP contribution in [-0.2, 0) is 6.42 Å². The fourth-order valence-corrected chi connectivity index (χ4v) is 5.27. The highest BCUT2D eigenvalue weighted by atomic mass is 32.1. The van der Waals surface area contributed by atoms with Crippen LogP contribution >= 0.6 is 11.3 Å². The lowest BCUT2D eigenvalue weighted by Crippen LogP contribution is -1.93. The van der Waals surface area contributed by atoms with Gasteiger partial charge in [-0.2, -0.15) is 10.4 Å². The molecule has 39 heavy (non-hydrogen) atoms. The molecule has 0 saturated carbocycles. The molecule has 5 heteroatoms. The summed E-state index contributed by atoms with van der Waals surface area (Å²) in [7, 11) is 0. The molecule has 4 aromatic carbocycles. The molecular formula is C34H24N4S. The minimum Gasteiger partial charge on any atom is -0.240 e. The van der Waals surface area contributed by atoms with Crippen LogP contribution in [0.3, 0.4) is 0 Å². The number of hydrogen-bond donors (Lipinski definition) is 0. The summed E-state index contributed by atoms with van der Waals surface area (Å²) in [6.45, 7) is 0. The van der Waals surface area contributed by atoms with Crippen molar-refractivity contribution in [1.29, 1.82) is 5.26 Å². The van der Waals surface area contributed by atoms with Crippen molar-refractivity contribution in [2.75, 3.05) is 0 Å². The molecule has 4 nitrogen and oxygen atoms in total. The van der Waals surface area contributed by atoms with Gasteiger partial charge in [-0.1, -0.05) is 103 Å². The Morgan fingerprint density at radius 2 is 1.41 bits per heavy atom. The third kappa shape index (κ3) is 5.47. The largest absolute Gasteiger partial charge is 0.240 e. The van der Waals surface area contributed by atoms with E-state index in [4.69, 9.17) is 10.1 Å². The van der Waals surface area contributed by atoms with Crippen molar-refractivity contribution in [1.82, 2.24) is 14.8 Å². The molecule has 0 aliphatic heterocycles. The van der Waals surface area contributed by atoms with E-state index >= 15 is 0 Å². The van der Waals surface area contributed by atoms with Crippen LogP contribution in [0.1, 0.15) is 21.7 Å². The van der Waals surface area contributed by atoms with Gasteiger partial charge in [-0.15, -0.1) is 11.3 Å². The average Bonchev–Trinajstić information content (AvgIpc) is 3.66. The highest BCUT2D eigenvalue weighted by molar-refractivity contribution is 7.11. The summed E-state index contributed by atoms with van der Waals surface area (Å²) in [5, 5.41) is 17.7. The van der Waals surface area contributed by atoms with Gasteiger partial charge in [-0.25, -0.2) is 9.67 Å². The Kier molecular flexibility index (Phi) is 6.94. The summed E-state index contributed by atoms with van der Waals surface area (Å²) >= 11 is 1.48. The van der Waals surface area contributed by atoms with Gasteiger partial charge in [-0.3, -0.25) is 0 Å². The molecule has 186 valence electrons. The van der Waals surface area contributed by atoms with Crippen LogP contribution in [0, 0.1) is 11.3 Å². The van der Waals surface area contributed by atoms with E-state index in [1.165, 1.54) is 22.5 Å². The number of aromatic nitrogens is 3. The van der Waals surface area contributed by atoms with Crippen LogP contribution in [0.5, 0.6) is 0 Å². The van der Waals surface area contributed by atoms with Crippen LogP contribution < -0.4 is 0 Å². The smallest absolute Gasteiger partial charge is 0.134 e. The first kappa shape index (κ1) is 24.3. The number of rotatable bonds is 7. The summed E-state index contributed by atoms with van der Waals surface area (Å²) < 4.78 is 1.85. The maximum atomic E-state index is 10.1. The Labute approximate surface area is 231 Å². The van der Waals surface area contributed by atoms with E-state index < -0.39 is 0 Å². The first-order valence-electron chi connectivity index (χ1n) is 12.7. The second-order valence-corrected chi connectivity index (χ2v) is 10.0. The quantitative estimate of drug-likeness (QED) is 0.199. The van der Waals surface area contributed by atoms with Gasteiger partial charge in [0.1, 0.15) is 11.1 Å². The molecule has 0 saturated heterocycles. The van der Waals surface area contributed by atoms with E-state index in [9.17, 15) is 5.26 Å². The SMILES string of the molecule is N#CC(=Cc1cn(-c2ccccc2)nc1-c1ccccc1)c1nc(-c2ccc(Cc3ccccc3)cc2)cs1. The van der Waals surface area contributed by atoms with Crippen molar-refractivity contribution in [2.45, 2.75) is 6.42 Å². The van der Waals surface area contributed by atoms with E-state index in [0.717, 1.165) is 40.2 Å². The maximum absolute atomic E-state index is 10.1. The second kappa shape index (κ2) is 11.1. The molecule has 0 N–H and O–H groups in total. The summed E-state index contributed by atoms with van der Waals surface area (Å²) in [4.78, 5) is 4.83. The minimum atomic E-state index is 0.511. The number of para-hydroxylation sites is 1. The lowest BCUT2D eigenvalue weighted by molar-refractivity contribution is 0.884. The van der Waals surface area contributed by atoms with Gasteiger partial charge < -0.3 is 0 Å². The zero-order chi connectivity index (χ0) is 26.4. The van der Waals surface area contributed by atoms with E-state index in [1.54, 1.807) is 0 Å². The Bertz CT molecular complexity index is 1760.